The first kappa shape index (κ1) is 20.3. The predicted octanol–water partition coefficient (Wildman–Crippen LogP) is 1.89. The molecule has 1 aromatic rings. The summed E-state index contributed by atoms with van der Waals surface area (Å²) < 4.78 is 10.4. The van der Waals surface area contributed by atoms with Crippen molar-refractivity contribution >= 4 is 23.5 Å². The first-order valence-corrected chi connectivity index (χ1v) is 7.67. The molecule has 0 bridgehead atoms. The van der Waals surface area contributed by atoms with Crippen LogP contribution in [0.3, 0.4) is 0 Å². The summed E-state index contributed by atoms with van der Waals surface area (Å²) in [7, 11) is 2.87. The average molecular weight is 352 g/mol. The van der Waals surface area contributed by atoms with E-state index in [4.69, 9.17) is 14.6 Å². The van der Waals surface area contributed by atoms with Crippen molar-refractivity contribution in [1.82, 2.24) is 5.32 Å². The average Bonchev–Trinajstić information content (AvgIpc) is 2.52. The number of hydrogen-bond acceptors (Lipinski definition) is 5. The molecule has 0 spiro atoms. The quantitative estimate of drug-likeness (QED) is 0.690. The number of aliphatic carboxylic acids is 1. The van der Waals surface area contributed by atoms with E-state index >= 15 is 0 Å². The van der Waals surface area contributed by atoms with E-state index in [1.165, 1.54) is 26.4 Å². The summed E-state index contributed by atoms with van der Waals surface area (Å²) in [6.45, 7) is 5.20. The first-order chi connectivity index (χ1) is 11.6. The number of rotatable bonds is 7. The van der Waals surface area contributed by atoms with Crippen molar-refractivity contribution in [3.05, 3.63) is 17.7 Å². The third-order valence-corrected chi connectivity index (χ3v) is 3.32. The summed E-state index contributed by atoms with van der Waals surface area (Å²) in [5, 5.41) is 13.9. The van der Waals surface area contributed by atoms with Crippen LogP contribution in [0.4, 0.5) is 5.69 Å². The molecule has 0 unspecified atom stereocenters. The van der Waals surface area contributed by atoms with Crippen LogP contribution in [-0.4, -0.2) is 43.7 Å². The van der Waals surface area contributed by atoms with Crippen LogP contribution < -0.4 is 20.1 Å². The fourth-order valence-corrected chi connectivity index (χ4v) is 1.86. The van der Waals surface area contributed by atoms with Crippen molar-refractivity contribution in [3.8, 4) is 11.5 Å². The van der Waals surface area contributed by atoms with Gasteiger partial charge in [-0.3, -0.25) is 14.4 Å². The van der Waals surface area contributed by atoms with Gasteiger partial charge in [0.15, 0.2) is 11.5 Å². The van der Waals surface area contributed by atoms with Gasteiger partial charge in [-0.2, -0.15) is 0 Å². The fraction of sp³-hybridized carbons (Fsp3) is 0.471. The molecule has 138 valence electrons. The normalized spacial score (nSPS) is 10.8. The van der Waals surface area contributed by atoms with Gasteiger partial charge in [0.1, 0.15) is 0 Å². The molecule has 0 saturated heterocycles. The van der Waals surface area contributed by atoms with Gasteiger partial charge in [-0.15, -0.1) is 0 Å². The Morgan fingerprint density at radius 1 is 1.08 bits per heavy atom. The minimum absolute atomic E-state index is 0.0326. The van der Waals surface area contributed by atoms with Gasteiger partial charge in [0.05, 0.1) is 31.9 Å². The summed E-state index contributed by atoms with van der Waals surface area (Å²) in [4.78, 5) is 35.2. The van der Waals surface area contributed by atoms with E-state index in [2.05, 4.69) is 10.6 Å². The molecule has 0 saturated carbocycles. The number of methoxy groups -OCH3 is 2. The van der Waals surface area contributed by atoms with Crippen molar-refractivity contribution in [1.29, 1.82) is 0 Å². The van der Waals surface area contributed by atoms with Crippen molar-refractivity contribution < 1.29 is 29.0 Å². The number of carbonyl (C=O) groups is 3. The Hall–Kier alpha value is -2.77. The SMILES string of the molecule is COc1cc(NC(=O)C(C)(C)C)c(C(=O)NCCC(=O)O)cc1OC. The number of anilines is 1. The van der Waals surface area contributed by atoms with Crippen molar-refractivity contribution in [3.63, 3.8) is 0 Å². The smallest absolute Gasteiger partial charge is 0.305 e. The van der Waals surface area contributed by atoms with Gasteiger partial charge >= 0.3 is 5.97 Å². The zero-order chi connectivity index (χ0) is 19.2. The Kier molecular flexibility index (Phi) is 6.78. The number of carbonyl (C=O) groups excluding carboxylic acids is 2. The summed E-state index contributed by atoms with van der Waals surface area (Å²) in [6, 6.07) is 2.93. The lowest BCUT2D eigenvalue weighted by molar-refractivity contribution is -0.136. The molecule has 0 fully saturated rings. The number of amides is 2. The topological polar surface area (TPSA) is 114 Å². The van der Waals surface area contributed by atoms with E-state index in [9.17, 15) is 14.4 Å². The second-order valence-corrected chi connectivity index (χ2v) is 6.36. The van der Waals surface area contributed by atoms with Gasteiger partial charge < -0.3 is 25.2 Å². The van der Waals surface area contributed by atoms with Crippen molar-refractivity contribution in [2.45, 2.75) is 27.2 Å². The Balaban J connectivity index is 3.20. The third-order valence-electron chi connectivity index (χ3n) is 3.32. The van der Waals surface area contributed by atoms with Crippen LogP contribution in [0.15, 0.2) is 12.1 Å². The lowest BCUT2D eigenvalue weighted by atomic mass is 9.95. The molecule has 0 aliphatic carbocycles. The standard InChI is InChI=1S/C17H24N2O6/c1-17(2,3)16(23)19-11-9-13(25-5)12(24-4)8-10(11)15(22)18-7-6-14(20)21/h8-9H,6-7H2,1-5H3,(H,18,22)(H,19,23)(H,20,21). The Morgan fingerprint density at radius 2 is 1.64 bits per heavy atom. The van der Waals surface area contributed by atoms with E-state index in [0.29, 0.717) is 11.5 Å². The van der Waals surface area contributed by atoms with Gasteiger partial charge in [-0.05, 0) is 6.07 Å². The highest BCUT2D eigenvalue weighted by atomic mass is 16.5. The van der Waals surface area contributed by atoms with Crippen LogP contribution in [-0.2, 0) is 9.59 Å². The van der Waals surface area contributed by atoms with Crippen LogP contribution in [0, 0.1) is 5.41 Å². The minimum atomic E-state index is -1.02. The summed E-state index contributed by atoms with van der Waals surface area (Å²) in [6.07, 6.45) is -0.206. The minimum Gasteiger partial charge on any atom is -0.493 e. The molecule has 1 rings (SSSR count). The molecule has 25 heavy (non-hydrogen) atoms. The second kappa shape index (κ2) is 8.36. The fourth-order valence-electron chi connectivity index (χ4n) is 1.86. The van der Waals surface area contributed by atoms with Gasteiger partial charge in [0.25, 0.3) is 5.91 Å². The predicted molar refractivity (Wildman–Crippen MR) is 92.2 cm³/mol. The molecule has 2 amide bonds. The van der Waals surface area contributed by atoms with E-state index < -0.39 is 17.3 Å². The van der Waals surface area contributed by atoms with E-state index in [0.717, 1.165) is 0 Å². The van der Waals surface area contributed by atoms with Crippen LogP contribution in [0.2, 0.25) is 0 Å². The molecular formula is C17H24N2O6. The van der Waals surface area contributed by atoms with Crippen LogP contribution in [0.25, 0.3) is 0 Å². The van der Waals surface area contributed by atoms with Crippen molar-refractivity contribution in [2.75, 3.05) is 26.1 Å². The maximum atomic E-state index is 12.4. The number of benzene rings is 1. The first-order valence-electron chi connectivity index (χ1n) is 7.67. The maximum Gasteiger partial charge on any atom is 0.305 e. The van der Waals surface area contributed by atoms with Crippen LogP contribution >= 0.6 is 0 Å². The van der Waals surface area contributed by atoms with E-state index in [1.807, 2.05) is 0 Å². The molecule has 1 aromatic carbocycles. The Morgan fingerprint density at radius 3 is 2.12 bits per heavy atom. The van der Waals surface area contributed by atoms with Crippen LogP contribution in [0.5, 0.6) is 11.5 Å². The molecule has 0 heterocycles. The molecule has 3 N–H and O–H groups in total. The van der Waals surface area contributed by atoms with Gasteiger partial charge in [0, 0.05) is 18.0 Å². The Labute approximate surface area is 146 Å². The van der Waals surface area contributed by atoms with Crippen LogP contribution in [0.1, 0.15) is 37.6 Å². The zero-order valence-electron chi connectivity index (χ0n) is 15.1. The number of nitrogens with one attached hydrogen (secondary N) is 2. The lowest BCUT2D eigenvalue weighted by Gasteiger charge is -2.20. The summed E-state index contributed by atoms with van der Waals surface area (Å²) >= 11 is 0. The highest BCUT2D eigenvalue weighted by molar-refractivity contribution is 6.05. The molecule has 0 aromatic heterocycles. The van der Waals surface area contributed by atoms with Crippen molar-refractivity contribution in [2.24, 2.45) is 5.41 Å². The maximum absolute atomic E-state index is 12.4. The summed E-state index contributed by atoms with van der Waals surface area (Å²) in [5.74, 6) is -1.15. The third kappa shape index (κ3) is 5.66. The molecule has 8 nitrogen and oxygen atoms in total. The molecule has 0 atom stereocenters. The Bertz CT molecular complexity index is 664. The number of hydrogen-bond donors (Lipinski definition) is 3. The number of carboxylic acid groups (broad SMARTS) is 1. The van der Waals surface area contributed by atoms with Gasteiger partial charge in [0.2, 0.25) is 5.91 Å². The monoisotopic (exact) mass is 352 g/mol. The number of carboxylic acids is 1. The molecular weight excluding hydrogens is 328 g/mol. The molecule has 0 aliphatic rings. The lowest BCUT2D eigenvalue weighted by Crippen LogP contribution is -2.31. The molecule has 0 aliphatic heterocycles. The highest BCUT2D eigenvalue weighted by Gasteiger charge is 2.24. The largest absolute Gasteiger partial charge is 0.493 e. The highest BCUT2D eigenvalue weighted by Crippen LogP contribution is 2.34. The molecule has 8 heteroatoms. The zero-order valence-corrected chi connectivity index (χ0v) is 15.1. The van der Waals surface area contributed by atoms with Gasteiger partial charge in [-0.1, -0.05) is 20.8 Å². The van der Waals surface area contributed by atoms with E-state index in [1.54, 1.807) is 20.8 Å². The summed E-state index contributed by atoms with van der Waals surface area (Å²) in [5.41, 5.74) is -0.254. The number of ether oxygens (including phenoxy) is 2. The molecule has 0 radical (unpaired) electrons. The van der Waals surface area contributed by atoms with E-state index in [-0.39, 0.29) is 30.1 Å². The van der Waals surface area contributed by atoms with Gasteiger partial charge in [-0.25, -0.2) is 0 Å². The second-order valence-electron chi connectivity index (χ2n) is 6.36.